The topological polar surface area (TPSA) is 36.4 Å². The van der Waals surface area contributed by atoms with Gasteiger partial charge in [-0.3, -0.25) is 4.79 Å². The van der Waals surface area contributed by atoms with Gasteiger partial charge in [0.25, 0.3) is 5.91 Å². The van der Waals surface area contributed by atoms with E-state index in [1.54, 1.807) is 9.80 Å². The van der Waals surface area contributed by atoms with Crippen molar-refractivity contribution in [1.29, 1.82) is 0 Å². The van der Waals surface area contributed by atoms with E-state index in [9.17, 15) is 22.4 Å². The number of nitrogens with zero attached hydrogens (tertiary/aromatic N) is 3. The van der Waals surface area contributed by atoms with Crippen molar-refractivity contribution >= 4 is 34.9 Å². The van der Waals surface area contributed by atoms with Gasteiger partial charge in [-0.05, 0) is 30.7 Å². The van der Waals surface area contributed by atoms with E-state index in [2.05, 4.69) is 4.98 Å². The van der Waals surface area contributed by atoms with E-state index in [-0.39, 0.29) is 27.3 Å². The molecule has 150 valence electrons. The Morgan fingerprint density at radius 3 is 2.43 bits per heavy atom. The third kappa shape index (κ3) is 4.50. The molecule has 0 unspecified atom stereocenters. The molecule has 0 bridgehead atoms. The number of halogens is 6. The van der Waals surface area contributed by atoms with Gasteiger partial charge in [-0.2, -0.15) is 13.2 Å². The first-order valence-electron chi connectivity index (χ1n) is 8.39. The summed E-state index contributed by atoms with van der Waals surface area (Å²) < 4.78 is 51.5. The molecule has 1 aliphatic rings. The van der Waals surface area contributed by atoms with Crippen molar-refractivity contribution in [3.05, 3.63) is 57.5 Å². The lowest BCUT2D eigenvalue weighted by molar-refractivity contribution is -0.137. The van der Waals surface area contributed by atoms with Crippen molar-refractivity contribution in [2.24, 2.45) is 0 Å². The van der Waals surface area contributed by atoms with Gasteiger partial charge in [-0.25, -0.2) is 9.37 Å². The Morgan fingerprint density at radius 1 is 1.04 bits per heavy atom. The molecular formula is C18H15Cl2F4N3O. The normalized spacial score (nSPS) is 15.5. The Morgan fingerprint density at radius 2 is 1.79 bits per heavy atom. The van der Waals surface area contributed by atoms with Gasteiger partial charge in [0.05, 0.1) is 21.2 Å². The maximum atomic E-state index is 13.2. The average Bonchev–Trinajstić information content (AvgIpc) is 2.86. The minimum atomic E-state index is -4.52. The maximum Gasteiger partial charge on any atom is 0.417 e. The quantitative estimate of drug-likeness (QED) is 0.629. The van der Waals surface area contributed by atoms with E-state index >= 15 is 0 Å². The molecule has 1 aromatic heterocycles. The summed E-state index contributed by atoms with van der Waals surface area (Å²) in [6.45, 7) is 1.52. The van der Waals surface area contributed by atoms with Crippen LogP contribution in [0.15, 0.2) is 30.5 Å². The zero-order chi connectivity index (χ0) is 20.5. The predicted octanol–water partition coefficient (Wildman–Crippen LogP) is 4.90. The Balaban J connectivity index is 1.74. The lowest BCUT2D eigenvalue weighted by Gasteiger charge is -2.24. The van der Waals surface area contributed by atoms with Crippen LogP contribution >= 0.6 is 23.2 Å². The number of amides is 1. The number of carbonyl (C=O) groups is 1. The van der Waals surface area contributed by atoms with Gasteiger partial charge in [-0.15, -0.1) is 0 Å². The fourth-order valence-corrected chi connectivity index (χ4v) is 3.52. The molecule has 1 aromatic carbocycles. The molecule has 0 saturated carbocycles. The molecule has 3 rings (SSSR count). The van der Waals surface area contributed by atoms with Crippen LogP contribution in [0.2, 0.25) is 10.0 Å². The first-order chi connectivity index (χ1) is 13.2. The zero-order valence-electron chi connectivity index (χ0n) is 14.4. The number of carbonyl (C=O) groups excluding carboxylic acids is 1. The Bertz CT molecular complexity index is 892. The summed E-state index contributed by atoms with van der Waals surface area (Å²) in [6.07, 6.45) is -3.22. The Hall–Kier alpha value is -2.06. The zero-order valence-corrected chi connectivity index (χ0v) is 16.0. The van der Waals surface area contributed by atoms with Crippen molar-refractivity contribution in [3.63, 3.8) is 0 Å². The number of rotatable bonds is 2. The second-order valence-electron chi connectivity index (χ2n) is 6.28. The second kappa shape index (κ2) is 8.13. The highest BCUT2D eigenvalue weighted by Crippen LogP contribution is 2.33. The summed E-state index contributed by atoms with van der Waals surface area (Å²) in [7, 11) is 0. The molecule has 0 atom stereocenters. The fraction of sp³-hybridized carbons (Fsp3) is 0.333. The fourth-order valence-electron chi connectivity index (χ4n) is 2.98. The van der Waals surface area contributed by atoms with E-state index in [0.717, 1.165) is 24.4 Å². The van der Waals surface area contributed by atoms with E-state index < -0.39 is 17.6 Å². The molecule has 1 aliphatic heterocycles. The van der Waals surface area contributed by atoms with Crippen molar-refractivity contribution < 1.29 is 22.4 Å². The Kier molecular flexibility index (Phi) is 6.00. The molecule has 2 aromatic rings. The third-order valence-electron chi connectivity index (χ3n) is 4.39. The molecule has 0 spiro atoms. The van der Waals surface area contributed by atoms with E-state index in [0.29, 0.717) is 32.6 Å². The number of benzene rings is 1. The van der Waals surface area contributed by atoms with Crippen LogP contribution in [0.4, 0.5) is 23.4 Å². The van der Waals surface area contributed by atoms with Crippen molar-refractivity contribution in [2.45, 2.75) is 12.6 Å². The molecule has 2 heterocycles. The molecule has 1 fully saturated rings. The molecule has 0 aliphatic carbocycles. The molecule has 0 radical (unpaired) electrons. The molecule has 10 heteroatoms. The minimum absolute atomic E-state index is 0.0264. The first-order valence-corrected chi connectivity index (χ1v) is 9.14. The standard InChI is InChI=1S/C18H15Cl2F4N3O/c19-14-9-12(21)2-3-13(14)17(28)27-5-1-4-26(6-7-27)16-15(20)8-11(10-25-16)18(22,23)24/h2-3,8-10H,1,4-7H2. The van der Waals surface area contributed by atoms with Gasteiger partial charge >= 0.3 is 6.18 Å². The largest absolute Gasteiger partial charge is 0.417 e. The van der Waals surface area contributed by atoms with Crippen molar-refractivity contribution in [3.8, 4) is 0 Å². The number of alkyl halides is 3. The average molecular weight is 436 g/mol. The van der Waals surface area contributed by atoms with Gasteiger partial charge in [0.15, 0.2) is 0 Å². The molecule has 4 nitrogen and oxygen atoms in total. The SMILES string of the molecule is O=C(c1ccc(F)cc1Cl)N1CCCN(c2ncc(C(F)(F)F)cc2Cl)CC1. The molecule has 0 N–H and O–H groups in total. The number of hydrogen-bond acceptors (Lipinski definition) is 3. The van der Waals surface area contributed by atoms with Gasteiger partial charge in [0.2, 0.25) is 0 Å². The molecule has 28 heavy (non-hydrogen) atoms. The summed E-state index contributed by atoms with van der Waals surface area (Å²) >= 11 is 12.0. The summed E-state index contributed by atoms with van der Waals surface area (Å²) in [5.74, 6) is -0.631. The lowest BCUT2D eigenvalue weighted by Crippen LogP contribution is -2.35. The van der Waals surface area contributed by atoms with Crippen LogP contribution < -0.4 is 4.90 Å². The third-order valence-corrected chi connectivity index (χ3v) is 4.98. The number of anilines is 1. The van der Waals surface area contributed by atoms with Gasteiger partial charge in [0, 0.05) is 32.4 Å². The van der Waals surface area contributed by atoms with E-state index in [1.807, 2.05) is 0 Å². The highest BCUT2D eigenvalue weighted by Gasteiger charge is 2.32. The Labute approximate surface area is 168 Å². The summed E-state index contributed by atoms with van der Waals surface area (Å²) in [5, 5.41) is -0.0743. The monoisotopic (exact) mass is 435 g/mol. The number of pyridine rings is 1. The smallest absolute Gasteiger partial charge is 0.354 e. The van der Waals surface area contributed by atoms with Crippen LogP contribution in [0.25, 0.3) is 0 Å². The van der Waals surface area contributed by atoms with Crippen molar-refractivity contribution in [1.82, 2.24) is 9.88 Å². The van der Waals surface area contributed by atoms with Crippen LogP contribution in [0.3, 0.4) is 0 Å². The van der Waals surface area contributed by atoms with E-state index in [4.69, 9.17) is 23.2 Å². The maximum absolute atomic E-state index is 13.2. The van der Waals surface area contributed by atoms with Crippen LogP contribution in [0.5, 0.6) is 0 Å². The number of aromatic nitrogens is 1. The first kappa shape index (κ1) is 20.7. The number of hydrogen-bond donors (Lipinski definition) is 0. The van der Waals surface area contributed by atoms with Gasteiger partial charge < -0.3 is 9.80 Å². The molecular weight excluding hydrogens is 421 g/mol. The van der Waals surface area contributed by atoms with E-state index in [1.165, 1.54) is 6.07 Å². The summed E-state index contributed by atoms with van der Waals surface area (Å²) in [6, 6.07) is 4.41. The van der Waals surface area contributed by atoms with Crippen LogP contribution in [-0.2, 0) is 6.18 Å². The minimum Gasteiger partial charge on any atom is -0.354 e. The van der Waals surface area contributed by atoms with Gasteiger partial charge in [-0.1, -0.05) is 23.2 Å². The highest BCUT2D eigenvalue weighted by atomic mass is 35.5. The molecule has 1 saturated heterocycles. The second-order valence-corrected chi connectivity index (χ2v) is 7.10. The lowest BCUT2D eigenvalue weighted by atomic mass is 10.2. The highest BCUT2D eigenvalue weighted by molar-refractivity contribution is 6.34. The van der Waals surface area contributed by atoms with Crippen LogP contribution in [-0.4, -0.2) is 42.0 Å². The summed E-state index contributed by atoms with van der Waals surface area (Å²) in [4.78, 5) is 19.9. The van der Waals surface area contributed by atoms with Crippen molar-refractivity contribution in [2.75, 3.05) is 31.1 Å². The van der Waals surface area contributed by atoms with Crippen LogP contribution in [0.1, 0.15) is 22.3 Å². The van der Waals surface area contributed by atoms with Gasteiger partial charge in [0.1, 0.15) is 11.6 Å². The predicted molar refractivity (Wildman–Crippen MR) is 98.4 cm³/mol. The van der Waals surface area contributed by atoms with Crippen LogP contribution in [0, 0.1) is 5.82 Å². The summed E-state index contributed by atoms with van der Waals surface area (Å²) in [5.41, 5.74) is -0.721. The molecule has 1 amide bonds.